The van der Waals surface area contributed by atoms with Gasteiger partial charge < -0.3 is 0 Å². The molecular formula is C8H6BrN3S. The highest BCUT2D eigenvalue weighted by Gasteiger charge is 2.04. The van der Waals surface area contributed by atoms with E-state index in [0.29, 0.717) is 0 Å². The second-order valence-electron chi connectivity index (χ2n) is 2.38. The smallest absolute Gasteiger partial charge is 0.149 e. The van der Waals surface area contributed by atoms with Crippen molar-refractivity contribution < 1.29 is 0 Å². The van der Waals surface area contributed by atoms with Crippen molar-refractivity contribution >= 4 is 27.3 Å². The standard InChI is InChI=1S/C8H6BrN3S/c9-4-7-11-12-8(13-7)6-2-1-3-10-5-6/h1-3,5H,4H2. The molecule has 0 spiro atoms. The zero-order chi connectivity index (χ0) is 9.10. The Morgan fingerprint density at radius 3 is 2.92 bits per heavy atom. The minimum atomic E-state index is 0.755. The second kappa shape index (κ2) is 3.93. The molecule has 0 fully saturated rings. The third kappa shape index (κ3) is 1.92. The van der Waals surface area contributed by atoms with Crippen molar-refractivity contribution in [1.82, 2.24) is 15.2 Å². The highest BCUT2D eigenvalue weighted by atomic mass is 79.9. The quantitative estimate of drug-likeness (QED) is 0.775. The summed E-state index contributed by atoms with van der Waals surface area (Å²) in [7, 11) is 0. The summed E-state index contributed by atoms with van der Waals surface area (Å²) in [5.74, 6) is 0. The monoisotopic (exact) mass is 255 g/mol. The number of nitrogens with zero attached hydrogens (tertiary/aromatic N) is 3. The first-order chi connectivity index (χ1) is 6.40. The molecule has 3 nitrogen and oxygen atoms in total. The summed E-state index contributed by atoms with van der Waals surface area (Å²) >= 11 is 4.91. The molecule has 0 aliphatic rings. The van der Waals surface area contributed by atoms with Crippen molar-refractivity contribution in [3.8, 4) is 10.6 Å². The first kappa shape index (κ1) is 8.77. The summed E-state index contributed by atoms with van der Waals surface area (Å²) in [5, 5.41) is 10.7. The SMILES string of the molecule is BrCc1nnc(-c2cccnc2)s1. The molecule has 2 aromatic heterocycles. The van der Waals surface area contributed by atoms with Crippen molar-refractivity contribution in [3.63, 3.8) is 0 Å². The molecule has 2 heterocycles. The molecule has 13 heavy (non-hydrogen) atoms. The molecular weight excluding hydrogens is 250 g/mol. The molecule has 0 radical (unpaired) electrons. The zero-order valence-electron chi connectivity index (χ0n) is 6.64. The van der Waals surface area contributed by atoms with E-state index in [-0.39, 0.29) is 0 Å². The van der Waals surface area contributed by atoms with Crippen LogP contribution in [0.3, 0.4) is 0 Å². The van der Waals surface area contributed by atoms with Crippen LogP contribution in [0.2, 0.25) is 0 Å². The molecule has 0 aliphatic carbocycles. The van der Waals surface area contributed by atoms with Gasteiger partial charge in [-0.2, -0.15) is 0 Å². The summed E-state index contributed by atoms with van der Waals surface area (Å²) in [6, 6.07) is 3.87. The van der Waals surface area contributed by atoms with Crippen LogP contribution in [0.1, 0.15) is 5.01 Å². The minimum absolute atomic E-state index is 0.755. The van der Waals surface area contributed by atoms with Gasteiger partial charge in [0.25, 0.3) is 0 Å². The molecule has 0 atom stereocenters. The number of hydrogen-bond donors (Lipinski definition) is 0. The average Bonchev–Trinajstić information content (AvgIpc) is 2.67. The Kier molecular flexibility index (Phi) is 2.65. The Hall–Kier alpha value is -0.810. The Balaban J connectivity index is 2.36. The largest absolute Gasteiger partial charge is 0.264 e. The molecule has 5 heteroatoms. The van der Waals surface area contributed by atoms with E-state index in [9.17, 15) is 0 Å². The highest BCUT2D eigenvalue weighted by Crippen LogP contribution is 2.23. The molecule has 0 aliphatic heterocycles. The second-order valence-corrected chi connectivity index (χ2v) is 4.00. The van der Waals surface area contributed by atoms with Gasteiger partial charge in [-0.3, -0.25) is 4.98 Å². The van der Waals surface area contributed by atoms with Gasteiger partial charge in [-0.15, -0.1) is 10.2 Å². The summed E-state index contributed by atoms with van der Waals surface area (Å²) in [4.78, 5) is 4.02. The van der Waals surface area contributed by atoms with Crippen molar-refractivity contribution in [2.45, 2.75) is 5.33 Å². The van der Waals surface area contributed by atoms with Crippen LogP contribution < -0.4 is 0 Å². The van der Waals surface area contributed by atoms with E-state index in [2.05, 4.69) is 31.1 Å². The van der Waals surface area contributed by atoms with E-state index in [1.54, 1.807) is 23.7 Å². The van der Waals surface area contributed by atoms with Crippen molar-refractivity contribution in [2.75, 3.05) is 0 Å². The van der Waals surface area contributed by atoms with Crippen molar-refractivity contribution in [1.29, 1.82) is 0 Å². The molecule has 0 saturated carbocycles. The fourth-order valence-electron chi connectivity index (χ4n) is 0.914. The number of pyridine rings is 1. The highest BCUT2D eigenvalue weighted by molar-refractivity contribution is 9.08. The van der Waals surface area contributed by atoms with Crippen LogP contribution in [-0.4, -0.2) is 15.2 Å². The number of rotatable bonds is 2. The zero-order valence-corrected chi connectivity index (χ0v) is 9.05. The first-order valence-corrected chi connectivity index (χ1v) is 5.62. The summed E-state index contributed by atoms with van der Waals surface area (Å²) in [6.07, 6.45) is 3.54. The van der Waals surface area contributed by atoms with E-state index in [4.69, 9.17) is 0 Å². The molecule has 2 rings (SSSR count). The average molecular weight is 256 g/mol. The predicted octanol–water partition coefficient (Wildman–Crippen LogP) is 2.50. The first-order valence-electron chi connectivity index (χ1n) is 3.69. The lowest BCUT2D eigenvalue weighted by atomic mass is 10.3. The van der Waals surface area contributed by atoms with Gasteiger partial charge in [-0.25, -0.2) is 0 Å². The predicted molar refractivity (Wildman–Crippen MR) is 55.8 cm³/mol. The van der Waals surface area contributed by atoms with Crippen LogP contribution in [0, 0.1) is 0 Å². The molecule has 0 saturated heterocycles. The van der Waals surface area contributed by atoms with Crippen molar-refractivity contribution in [2.24, 2.45) is 0 Å². The van der Waals surface area contributed by atoms with Gasteiger partial charge in [0.05, 0.1) is 5.33 Å². The molecule has 0 N–H and O–H groups in total. The van der Waals surface area contributed by atoms with Crippen LogP contribution in [0.15, 0.2) is 24.5 Å². The fraction of sp³-hybridized carbons (Fsp3) is 0.125. The van der Waals surface area contributed by atoms with Gasteiger partial charge in [-0.1, -0.05) is 27.3 Å². The van der Waals surface area contributed by atoms with Gasteiger partial charge in [0, 0.05) is 18.0 Å². The van der Waals surface area contributed by atoms with E-state index in [1.807, 2.05) is 12.1 Å². The number of alkyl halides is 1. The Morgan fingerprint density at radius 1 is 1.38 bits per heavy atom. The van der Waals surface area contributed by atoms with Gasteiger partial charge in [-0.05, 0) is 12.1 Å². The van der Waals surface area contributed by atoms with E-state index < -0.39 is 0 Å². The molecule has 0 bridgehead atoms. The molecule has 0 unspecified atom stereocenters. The number of hydrogen-bond acceptors (Lipinski definition) is 4. The number of halogens is 1. The summed E-state index contributed by atoms with van der Waals surface area (Å²) < 4.78 is 0. The van der Waals surface area contributed by atoms with Gasteiger partial charge in [0.2, 0.25) is 0 Å². The lowest BCUT2D eigenvalue weighted by molar-refractivity contribution is 1.05. The summed E-state index contributed by atoms with van der Waals surface area (Å²) in [5.41, 5.74) is 1.02. The third-order valence-electron chi connectivity index (χ3n) is 1.49. The van der Waals surface area contributed by atoms with Gasteiger partial charge in [0.15, 0.2) is 0 Å². The lowest BCUT2D eigenvalue weighted by Gasteiger charge is -1.90. The third-order valence-corrected chi connectivity index (χ3v) is 3.36. The van der Waals surface area contributed by atoms with Crippen LogP contribution in [0.5, 0.6) is 0 Å². The van der Waals surface area contributed by atoms with E-state index in [0.717, 1.165) is 20.9 Å². The van der Waals surface area contributed by atoms with Crippen LogP contribution in [0.25, 0.3) is 10.6 Å². The molecule has 0 aromatic carbocycles. The Morgan fingerprint density at radius 2 is 2.31 bits per heavy atom. The number of aromatic nitrogens is 3. The summed E-state index contributed by atoms with van der Waals surface area (Å²) in [6.45, 7) is 0. The van der Waals surface area contributed by atoms with Crippen LogP contribution in [-0.2, 0) is 5.33 Å². The lowest BCUT2D eigenvalue weighted by Crippen LogP contribution is -1.77. The van der Waals surface area contributed by atoms with Crippen LogP contribution >= 0.6 is 27.3 Å². The maximum absolute atomic E-state index is 4.06. The van der Waals surface area contributed by atoms with E-state index in [1.165, 1.54) is 0 Å². The van der Waals surface area contributed by atoms with E-state index >= 15 is 0 Å². The van der Waals surface area contributed by atoms with Crippen LogP contribution in [0.4, 0.5) is 0 Å². The molecule has 0 amide bonds. The Labute approximate surface area is 88.0 Å². The maximum Gasteiger partial charge on any atom is 0.149 e. The van der Waals surface area contributed by atoms with Crippen molar-refractivity contribution in [3.05, 3.63) is 29.5 Å². The fourth-order valence-corrected chi connectivity index (χ4v) is 2.05. The van der Waals surface area contributed by atoms with Gasteiger partial charge >= 0.3 is 0 Å². The minimum Gasteiger partial charge on any atom is -0.264 e. The molecule has 2 aromatic rings. The molecule has 66 valence electrons. The normalized spacial score (nSPS) is 10.2. The van der Waals surface area contributed by atoms with Gasteiger partial charge in [0.1, 0.15) is 10.0 Å². The Bertz CT molecular complexity index is 387. The topological polar surface area (TPSA) is 38.7 Å². The maximum atomic E-state index is 4.06.